The van der Waals surface area contributed by atoms with Gasteiger partial charge in [-0.15, -0.1) is 0 Å². The van der Waals surface area contributed by atoms with Gasteiger partial charge in [0.05, 0.1) is 0 Å². The molecule has 0 spiro atoms. The highest BCUT2D eigenvalue weighted by molar-refractivity contribution is 5.96. The van der Waals surface area contributed by atoms with E-state index in [2.05, 4.69) is 16.7 Å². The number of carbonyl (C=O) groups excluding carboxylic acids is 3. The molecule has 1 aliphatic carbocycles. The van der Waals surface area contributed by atoms with Crippen LogP contribution in [-0.4, -0.2) is 44.3 Å². The van der Waals surface area contributed by atoms with E-state index < -0.39 is 24.5 Å². The lowest BCUT2D eigenvalue weighted by Crippen LogP contribution is -2.42. The van der Waals surface area contributed by atoms with Gasteiger partial charge in [0.2, 0.25) is 5.76 Å². The first-order valence-electron chi connectivity index (χ1n) is 8.02. The number of ether oxygens (including phenoxy) is 3. The van der Waals surface area contributed by atoms with E-state index in [9.17, 15) is 14.4 Å². The highest BCUT2D eigenvalue weighted by Gasteiger charge is 2.18. The Hall–Kier alpha value is -2.51. The number of nitrogens with one attached hydrogen (secondary N) is 2. The number of imide groups is 1. The molecule has 2 N–H and O–H groups in total. The van der Waals surface area contributed by atoms with Crippen LogP contribution >= 0.6 is 0 Å². The number of amides is 3. The molecule has 3 amide bonds. The van der Waals surface area contributed by atoms with E-state index in [4.69, 9.17) is 14.2 Å². The highest BCUT2D eigenvalue weighted by atomic mass is 16.6. The fourth-order valence-corrected chi connectivity index (χ4v) is 2.35. The molecule has 132 valence electrons. The summed E-state index contributed by atoms with van der Waals surface area (Å²) < 4.78 is 14.7. The number of esters is 1. The zero-order valence-corrected chi connectivity index (χ0v) is 13.5. The zero-order valence-electron chi connectivity index (χ0n) is 13.5. The maximum Gasteiger partial charge on any atom is 0.377 e. The SMILES string of the molecule is O=C(COC(=O)C1=COCCO1)NC(=O)NCCC1=CCCCC1. The number of allylic oxidation sites excluding steroid dienone is 1. The van der Waals surface area contributed by atoms with Crippen LogP contribution in [0.15, 0.2) is 23.7 Å². The Morgan fingerprint density at radius 2 is 2.08 bits per heavy atom. The third-order valence-corrected chi connectivity index (χ3v) is 3.55. The topological polar surface area (TPSA) is 103 Å². The molecule has 0 unspecified atom stereocenters. The second-order valence-corrected chi connectivity index (χ2v) is 5.44. The minimum atomic E-state index is -0.811. The molecule has 2 rings (SSSR count). The van der Waals surface area contributed by atoms with Gasteiger partial charge in [-0.25, -0.2) is 9.59 Å². The maximum atomic E-state index is 11.6. The van der Waals surface area contributed by atoms with Crippen LogP contribution in [0.4, 0.5) is 4.79 Å². The second kappa shape index (κ2) is 9.59. The van der Waals surface area contributed by atoms with Gasteiger partial charge in [0.15, 0.2) is 6.61 Å². The molecule has 0 aromatic heterocycles. The van der Waals surface area contributed by atoms with Crippen molar-refractivity contribution in [2.75, 3.05) is 26.4 Å². The summed E-state index contributed by atoms with van der Waals surface area (Å²) in [6.45, 7) is 0.487. The Balaban J connectivity index is 1.59. The average Bonchev–Trinajstić information content (AvgIpc) is 2.61. The highest BCUT2D eigenvalue weighted by Crippen LogP contribution is 2.19. The number of hydrogen-bond donors (Lipinski definition) is 2. The lowest BCUT2D eigenvalue weighted by molar-refractivity contribution is -0.149. The van der Waals surface area contributed by atoms with Crippen LogP contribution < -0.4 is 10.6 Å². The molecule has 0 fully saturated rings. The molecule has 0 bridgehead atoms. The minimum Gasteiger partial charge on any atom is -0.493 e. The molecule has 0 saturated carbocycles. The van der Waals surface area contributed by atoms with Gasteiger partial charge in [-0.05, 0) is 32.1 Å². The van der Waals surface area contributed by atoms with Crippen LogP contribution in [0.1, 0.15) is 32.1 Å². The van der Waals surface area contributed by atoms with Gasteiger partial charge in [0.25, 0.3) is 5.91 Å². The normalized spacial score (nSPS) is 16.7. The molecule has 0 radical (unpaired) electrons. The summed E-state index contributed by atoms with van der Waals surface area (Å²) in [6, 6.07) is -0.607. The molecule has 0 aromatic carbocycles. The average molecular weight is 338 g/mol. The third-order valence-electron chi connectivity index (χ3n) is 3.55. The Kier molecular flexibility index (Phi) is 7.13. The van der Waals surface area contributed by atoms with Gasteiger partial charge in [0.1, 0.15) is 19.5 Å². The summed E-state index contributed by atoms with van der Waals surface area (Å²) in [7, 11) is 0. The Morgan fingerprint density at radius 1 is 1.21 bits per heavy atom. The molecule has 0 atom stereocenters. The van der Waals surface area contributed by atoms with Crippen molar-refractivity contribution in [1.82, 2.24) is 10.6 Å². The summed E-state index contributed by atoms with van der Waals surface area (Å²) in [5.41, 5.74) is 1.34. The van der Waals surface area contributed by atoms with Crippen LogP contribution in [0.2, 0.25) is 0 Å². The number of hydrogen-bond acceptors (Lipinski definition) is 6. The monoisotopic (exact) mass is 338 g/mol. The molecule has 1 heterocycles. The quantitative estimate of drug-likeness (QED) is 0.556. The fourth-order valence-electron chi connectivity index (χ4n) is 2.35. The lowest BCUT2D eigenvalue weighted by Gasteiger charge is -2.14. The van der Waals surface area contributed by atoms with Crippen LogP contribution in [0.3, 0.4) is 0 Å². The van der Waals surface area contributed by atoms with Crippen molar-refractivity contribution in [2.24, 2.45) is 0 Å². The first kappa shape index (κ1) is 17.8. The first-order chi connectivity index (χ1) is 11.6. The van der Waals surface area contributed by atoms with E-state index in [0.717, 1.165) is 25.5 Å². The summed E-state index contributed by atoms with van der Waals surface area (Å²) in [4.78, 5) is 34.7. The minimum absolute atomic E-state index is 0.0979. The standard InChI is InChI=1S/C16H22N2O6/c19-14(11-24-15(20)13-10-22-8-9-23-13)18-16(21)17-7-6-12-4-2-1-3-5-12/h4,10H,1-3,5-9,11H2,(H2,17,18,19,21). The Morgan fingerprint density at radius 3 is 2.79 bits per heavy atom. The van der Waals surface area contributed by atoms with Crippen molar-refractivity contribution in [3.8, 4) is 0 Å². The lowest BCUT2D eigenvalue weighted by atomic mass is 9.97. The van der Waals surface area contributed by atoms with E-state index in [1.807, 2.05) is 0 Å². The number of carbonyl (C=O) groups is 3. The predicted molar refractivity (Wildman–Crippen MR) is 83.7 cm³/mol. The molecular formula is C16H22N2O6. The van der Waals surface area contributed by atoms with E-state index in [1.54, 1.807) is 0 Å². The van der Waals surface area contributed by atoms with E-state index in [-0.39, 0.29) is 12.4 Å². The van der Waals surface area contributed by atoms with Gasteiger partial charge >= 0.3 is 12.0 Å². The summed E-state index contributed by atoms with van der Waals surface area (Å²) in [5, 5.41) is 4.70. The molecular weight excluding hydrogens is 316 g/mol. The van der Waals surface area contributed by atoms with Crippen LogP contribution in [-0.2, 0) is 23.8 Å². The number of urea groups is 1. The van der Waals surface area contributed by atoms with E-state index >= 15 is 0 Å². The van der Waals surface area contributed by atoms with Crippen LogP contribution in [0, 0.1) is 0 Å². The van der Waals surface area contributed by atoms with Gasteiger partial charge in [-0.1, -0.05) is 11.6 Å². The zero-order chi connectivity index (χ0) is 17.2. The van der Waals surface area contributed by atoms with Gasteiger partial charge in [-0.3, -0.25) is 10.1 Å². The molecule has 2 aliphatic rings. The molecule has 1 aliphatic heterocycles. The van der Waals surface area contributed by atoms with E-state index in [0.29, 0.717) is 13.2 Å². The molecule has 24 heavy (non-hydrogen) atoms. The Labute approximate surface area is 140 Å². The number of rotatable bonds is 6. The fraction of sp³-hybridized carbons (Fsp3) is 0.562. The molecule has 8 nitrogen and oxygen atoms in total. The Bertz CT molecular complexity index is 541. The first-order valence-corrected chi connectivity index (χ1v) is 8.02. The smallest absolute Gasteiger partial charge is 0.377 e. The van der Waals surface area contributed by atoms with Crippen molar-refractivity contribution in [2.45, 2.75) is 32.1 Å². The molecule has 8 heteroatoms. The molecule has 0 saturated heterocycles. The summed E-state index contributed by atoms with van der Waals surface area (Å²) in [5.74, 6) is -1.62. The third kappa shape index (κ3) is 6.31. The largest absolute Gasteiger partial charge is 0.493 e. The van der Waals surface area contributed by atoms with Gasteiger partial charge in [0, 0.05) is 6.54 Å². The van der Waals surface area contributed by atoms with Crippen LogP contribution in [0.5, 0.6) is 0 Å². The molecule has 0 aromatic rings. The predicted octanol–water partition coefficient (Wildman–Crippen LogP) is 1.13. The van der Waals surface area contributed by atoms with Gasteiger partial charge in [-0.2, -0.15) is 0 Å². The maximum absolute atomic E-state index is 11.6. The van der Waals surface area contributed by atoms with Crippen molar-refractivity contribution in [3.05, 3.63) is 23.7 Å². The van der Waals surface area contributed by atoms with Crippen LogP contribution in [0.25, 0.3) is 0 Å². The van der Waals surface area contributed by atoms with Crippen molar-refractivity contribution in [1.29, 1.82) is 0 Å². The van der Waals surface area contributed by atoms with Crippen molar-refractivity contribution in [3.63, 3.8) is 0 Å². The van der Waals surface area contributed by atoms with Crippen molar-refractivity contribution >= 4 is 17.9 Å². The van der Waals surface area contributed by atoms with Gasteiger partial charge < -0.3 is 19.5 Å². The van der Waals surface area contributed by atoms with Crippen molar-refractivity contribution < 1.29 is 28.6 Å². The summed E-state index contributed by atoms with van der Waals surface area (Å²) in [6.07, 6.45) is 8.69. The van der Waals surface area contributed by atoms with E-state index in [1.165, 1.54) is 18.4 Å². The summed E-state index contributed by atoms with van der Waals surface area (Å²) >= 11 is 0. The second-order valence-electron chi connectivity index (χ2n) is 5.44.